The van der Waals surface area contributed by atoms with E-state index in [2.05, 4.69) is 31.1 Å². The number of nitrogens with one attached hydrogen (secondary N) is 2. The summed E-state index contributed by atoms with van der Waals surface area (Å²) in [7, 11) is 1.85. The van der Waals surface area contributed by atoms with Gasteiger partial charge in [-0.15, -0.1) is 0 Å². The number of fused-ring (bicyclic) bond motifs is 1. The van der Waals surface area contributed by atoms with Crippen molar-refractivity contribution in [2.24, 2.45) is 27.6 Å². The molecule has 2 spiro atoms. The Kier molecular flexibility index (Phi) is 9.55. The predicted octanol–water partition coefficient (Wildman–Crippen LogP) is 5.38. The number of rotatable bonds is 10. The van der Waals surface area contributed by atoms with Gasteiger partial charge in [0.05, 0.1) is 6.04 Å². The zero-order chi connectivity index (χ0) is 32.8. The van der Waals surface area contributed by atoms with Gasteiger partial charge in [0.1, 0.15) is 17.8 Å². The van der Waals surface area contributed by atoms with Crippen molar-refractivity contribution in [3.8, 4) is 0 Å². The number of carbonyl (C=O) groups excluding carboxylic acids is 4. The number of hydrogen-bond acceptors (Lipinski definition) is 5. The van der Waals surface area contributed by atoms with Gasteiger partial charge in [-0.1, -0.05) is 72.5 Å². The van der Waals surface area contributed by atoms with Crippen LogP contribution in [0.5, 0.6) is 0 Å². The van der Waals surface area contributed by atoms with Crippen LogP contribution in [0, 0.1) is 27.6 Å². The van der Waals surface area contributed by atoms with Crippen molar-refractivity contribution in [1.29, 1.82) is 0 Å². The van der Waals surface area contributed by atoms with Gasteiger partial charge in [-0.25, -0.2) is 0 Å². The first-order valence-corrected chi connectivity index (χ1v) is 16.9. The quantitative estimate of drug-likeness (QED) is 0.256. The van der Waals surface area contributed by atoms with E-state index >= 15 is 0 Å². The fraction of sp³-hybridized carbons (Fsp3) is 0.778. The first-order chi connectivity index (χ1) is 20.4. The van der Waals surface area contributed by atoms with Crippen LogP contribution in [0.3, 0.4) is 0 Å². The van der Waals surface area contributed by atoms with Gasteiger partial charge in [0, 0.05) is 25.6 Å². The van der Waals surface area contributed by atoms with Crippen LogP contribution >= 0.6 is 0 Å². The van der Waals surface area contributed by atoms with Crippen LogP contribution in [0.25, 0.3) is 0 Å². The number of allylic oxidation sites excluding steroid dienone is 2. The van der Waals surface area contributed by atoms with E-state index in [1.165, 1.54) is 6.42 Å². The highest BCUT2D eigenvalue weighted by molar-refractivity contribution is 5.98. The third-order valence-corrected chi connectivity index (χ3v) is 12.2. The molecule has 3 saturated carbocycles. The Labute approximate surface area is 265 Å². The van der Waals surface area contributed by atoms with Gasteiger partial charge in [-0.2, -0.15) is 0 Å². The fourth-order valence-corrected chi connectivity index (χ4v) is 9.07. The summed E-state index contributed by atoms with van der Waals surface area (Å²) in [5, 5.41) is 6.21. The van der Waals surface area contributed by atoms with Gasteiger partial charge < -0.3 is 20.4 Å². The van der Waals surface area contributed by atoms with Crippen LogP contribution in [0.15, 0.2) is 23.9 Å². The second-order valence-corrected chi connectivity index (χ2v) is 16.0. The van der Waals surface area contributed by atoms with E-state index in [0.29, 0.717) is 25.2 Å². The molecule has 2 unspecified atom stereocenters. The Morgan fingerprint density at radius 2 is 1.61 bits per heavy atom. The maximum absolute atomic E-state index is 14.5. The maximum atomic E-state index is 14.5. The van der Waals surface area contributed by atoms with Gasteiger partial charge in [0.15, 0.2) is 5.78 Å². The first kappa shape index (κ1) is 34.2. The third kappa shape index (κ3) is 5.75. The third-order valence-electron chi connectivity index (χ3n) is 12.2. The average Bonchev–Trinajstić information content (AvgIpc) is 3.16. The fourth-order valence-electron chi connectivity index (χ4n) is 9.07. The minimum Gasteiger partial charge on any atom is -0.370 e. The lowest BCUT2D eigenvalue weighted by molar-refractivity contribution is -0.144. The SMILES string of the molecule is C=C(C)/C=C(/C(=O)NC(C(=O)N[C@H](C(=O)N1C[C@]2(CC1C(C)=O)C(C)(C)C21CCC1)C(C)(C)C)C1CCCCC1)N(C)CC. The number of likely N-dealkylation sites (N-methyl/N-ethyl adjacent to an activating group) is 1. The highest BCUT2D eigenvalue weighted by atomic mass is 16.2. The summed E-state index contributed by atoms with van der Waals surface area (Å²) < 4.78 is 0. The van der Waals surface area contributed by atoms with E-state index in [0.717, 1.165) is 50.5 Å². The summed E-state index contributed by atoms with van der Waals surface area (Å²) in [6.07, 6.45) is 10.8. The second kappa shape index (κ2) is 12.3. The van der Waals surface area contributed by atoms with Gasteiger partial charge in [-0.05, 0) is 81.1 Å². The number of likely N-dealkylation sites (tertiary alicyclic amines) is 1. The molecular weight excluding hydrogens is 552 g/mol. The molecule has 246 valence electrons. The van der Waals surface area contributed by atoms with Gasteiger partial charge >= 0.3 is 0 Å². The average molecular weight is 611 g/mol. The van der Waals surface area contributed by atoms with E-state index in [-0.39, 0.29) is 45.7 Å². The molecule has 1 aliphatic heterocycles. The Morgan fingerprint density at radius 3 is 2.07 bits per heavy atom. The summed E-state index contributed by atoms with van der Waals surface area (Å²) in [6.45, 7) is 21.0. The molecule has 0 bridgehead atoms. The second-order valence-electron chi connectivity index (χ2n) is 16.0. The molecule has 1 saturated heterocycles. The number of hydrogen-bond donors (Lipinski definition) is 2. The molecule has 0 aromatic rings. The molecule has 4 rings (SSSR count). The summed E-state index contributed by atoms with van der Waals surface area (Å²) in [4.78, 5) is 59.1. The normalized spacial score (nSPS) is 27.3. The summed E-state index contributed by atoms with van der Waals surface area (Å²) in [5.41, 5.74) is 0.843. The number of amides is 3. The Balaban J connectivity index is 1.61. The molecule has 4 fully saturated rings. The van der Waals surface area contributed by atoms with E-state index in [9.17, 15) is 19.2 Å². The number of carbonyl (C=O) groups is 4. The van der Waals surface area contributed by atoms with E-state index in [1.807, 2.05) is 46.6 Å². The van der Waals surface area contributed by atoms with Gasteiger partial charge in [0.25, 0.3) is 5.91 Å². The zero-order valence-corrected chi connectivity index (χ0v) is 28.9. The highest BCUT2D eigenvalue weighted by Crippen LogP contribution is 2.88. The number of nitrogens with zero attached hydrogens (tertiary/aromatic N) is 2. The van der Waals surface area contributed by atoms with Crippen molar-refractivity contribution in [2.45, 2.75) is 131 Å². The standard InChI is InChI=1S/C36H58N4O4/c1-11-39(10)26(20-23(2)3)30(42)37-28(25-16-13-12-14-17-25)31(43)38-29(33(5,6)7)32(44)40-22-36(21-27(40)24(4)41)34(8,9)35(36)18-15-19-35/h20,25,27-29H,2,11-19,21-22H2,1,3-10H3,(H,37,42)(H,38,43)/b26-20-/t27?,28?,29-,36-/m1/s1. The molecular formula is C36H58N4O4. The minimum atomic E-state index is -0.835. The van der Waals surface area contributed by atoms with Crippen LogP contribution in [0.4, 0.5) is 0 Å². The van der Waals surface area contributed by atoms with Crippen LogP contribution in [0.2, 0.25) is 0 Å². The smallest absolute Gasteiger partial charge is 0.268 e. The van der Waals surface area contributed by atoms with E-state index in [4.69, 9.17) is 0 Å². The predicted molar refractivity (Wildman–Crippen MR) is 174 cm³/mol. The van der Waals surface area contributed by atoms with Crippen LogP contribution < -0.4 is 10.6 Å². The van der Waals surface area contributed by atoms with Crippen LogP contribution in [-0.4, -0.2) is 71.6 Å². The van der Waals surface area contributed by atoms with Crippen molar-refractivity contribution < 1.29 is 19.2 Å². The van der Waals surface area contributed by atoms with Crippen LogP contribution in [-0.2, 0) is 19.2 Å². The molecule has 3 aliphatic carbocycles. The molecule has 0 radical (unpaired) electrons. The number of ketones is 1. The monoisotopic (exact) mass is 610 g/mol. The lowest BCUT2D eigenvalue weighted by atomic mass is 9.73. The van der Waals surface area contributed by atoms with Crippen molar-refractivity contribution >= 4 is 23.5 Å². The molecule has 8 heteroatoms. The molecule has 3 amide bonds. The minimum absolute atomic E-state index is 0.00982. The Hall–Kier alpha value is -2.64. The van der Waals surface area contributed by atoms with Crippen molar-refractivity contribution in [1.82, 2.24) is 20.4 Å². The molecule has 1 heterocycles. The van der Waals surface area contributed by atoms with E-state index < -0.39 is 23.5 Å². The maximum Gasteiger partial charge on any atom is 0.268 e. The zero-order valence-electron chi connectivity index (χ0n) is 28.9. The topological polar surface area (TPSA) is 98.8 Å². The van der Waals surface area contributed by atoms with Gasteiger partial charge in [0.2, 0.25) is 11.8 Å². The summed E-state index contributed by atoms with van der Waals surface area (Å²) in [6, 6.07) is -2.08. The first-order valence-electron chi connectivity index (χ1n) is 16.9. The van der Waals surface area contributed by atoms with Crippen molar-refractivity contribution in [3.05, 3.63) is 23.9 Å². The lowest BCUT2D eigenvalue weighted by Gasteiger charge is -2.38. The van der Waals surface area contributed by atoms with Crippen LogP contribution in [0.1, 0.15) is 113 Å². The molecule has 4 atom stereocenters. The van der Waals surface area contributed by atoms with E-state index in [1.54, 1.807) is 17.9 Å². The number of Topliss-reactive ketones (excluding diaryl/α,β-unsaturated/α-hetero) is 1. The molecule has 0 aromatic carbocycles. The van der Waals surface area contributed by atoms with Crippen molar-refractivity contribution in [3.63, 3.8) is 0 Å². The van der Waals surface area contributed by atoms with Crippen molar-refractivity contribution in [2.75, 3.05) is 20.1 Å². The molecule has 4 aliphatic rings. The molecule has 44 heavy (non-hydrogen) atoms. The van der Waals surface area contributed by atoms with Gasteiger partial charge in [-0.3, -0.25) is 19.2 Å². The molecule has 0 aromatic heterocycles. The Morgan fingerprint density at radius 1 is 1.00 bits per heavy atom. The largest absolute Gasteiger partial charge is 0.370 e. The summed E-state index contributed by atoms with van der Waals surface area (Å²) in [5.74, 6) is -0.852. The molecule has 8 nitrogen and oxygen atoms in total. The Bertz CT molecular complexity index is 1200. The lowest BCUT2D eigenvalue weighted by Crippen LogP contribution is -2.61. The summed E-state index contributed by atoms with van der Waals surface area (Å²) >= 11 is 0. The molecule has 2 N–H and O–H groups in total. The highest BCUT2D eigenvalue weighted by Gasteiger charge is 2.85.